The lowest BCUT2D eigenvalue weighted by Gasteiger charge is -2.33. The number of piperidine rings is 1. The second-order valence-corrected chi connectivity index (χ2v) is 5.71. The number of benzene rings is 1. The molecular formula is C16H25N3O. The zero-order chi connectivity index (χ0) is 14.5. The van der Waals surface area contributed by atoms with Gasteiger partial charge in [0.1, 0.15) is 6.04 Å². The molecule has 0 aliphatic carbocycles. The predicted molar refractivity (Wildman–Crippen MR) is 81.3 cm³/mol. The number of aryl methyl sites for hydroxylation is 1. The van der Waals surface area contributed by atoms with E-state index in [1.165, 1.54) is 5.56 Å². The first-order valence-electron chi connectivity index (χ1n) is 7.37. The van der Waals surface area contributed by atoms with E-state index in [-0.39, 0.29) is 5.91 Å². The highest BCUT2D eigenvalue weighted by Gasteiger charge is 2.26. The molecule has 1 atom stereocenters. The van der Waals surface area contributed by atoms with Crippen LogP contribution in [0, 0.1) is 12.8 Å². The van der Waals surface area contributed by atoms with Crippen molar-refractivity contribution in [1.82, 2.24) is 10.2 Å². The molecular weight excluding hydrogens is 250 g/mol. The number of rotatable bonds is 4. The smallest absolute Gasteiger partial charge is 0.244 e. The maximum Gasteiger partial charge on any atom is 0.244 e. The van der Waals surface area contributed by atoms with Gasteiger partial charge in [0.05, 0.1) is 0 Å². The summed E-state index contributed by atoms with van der Waals surface area (Å²) >= 11 is 0. The van der Waals surface area contributed by atoms with E-state index in [2.05, 4.69) is 5.32 Å². The van der Waals surface area contributed by atoms with Gasteiger partial charge in [-0.2, -0.15) is 0 Å². The van der Waals surface area contributed by atoms with Crippen molar-refractivity contribution in [3.05, 3.63) is 35.4 Å². The van der Waals surface area contributed by atoms with Gasteiger partial charge in [-0.25, -0.2) is 0 Å². The standard InChI is InChI=1S/C16H25N3O/c1-12-3-5-14(6-4-12)15(17)16(20)19-9-7-13(8-10-19)11-18-2/h3-6,13,15,18H,7-11,17H2,1-2H3. The first-order chi connectivity index (χ1) is 9.61. The lowest BCUT2D eigenvalue weighted by molar-refractivity contribution is -0.134. The number of nitrogens with zero attached hydrogens (tertiary/aromatic N) is 1. The zero-order valence-corrected chi connectivity index (χ0v) is 12.4. The minimum absolute atomic E-state index is 0.0526. The van der Waals surface area contributed by atoms with Gasteiger partial charge in [0.15, 0.2) is 0 Å². The highest BCUT2D eigenvalue weighted by Crippen LogP contribution is 2.20. The average molecular weight is 275 g/mol. The van der Waals surface area contributed by atoms with E-state index in [0.29, 0.717) is 5.92 Å². The summed E-state index contributed by atoms with van der Waals surface area (Å²) in [5.74, 6) is 0.733. The Balaban J connectivity index is 1.93. The molecule has 1 aliphatic heterocycles. The van der Waals surface area contributed by atoms with Gasteiger partial charge in [-0.15, -0.1) is 0 Å². The van der Waals surface area contributed by atoms with E-state index in [1.54, 1.807) is 0 Å². The van der Waals surface area contributed by atoms with Crippen LogP contribution in [0.5, 0.6) is 0 Å². The molecule has 4 heteroatoms. The minimum atomic E-state index is -0.531. The Morgan fingerprint density at radius 3 is 2.50 bits per heavy atom. The molecule has 2 rings (SSSR count). The van der Waals surface area contributed by atoms with Gasteiger partial charge < -0.3 is 16.0 Å². The molecule has 20 heavy (non-hydrogen) atoms. The molecule has 0 saturated carbocycles. The molecule has 0 spiro atoms. The highest BCUT2D eigenvalue weighted by atomic mass is 16.2. The maximum atomic E-state index is 12.4. The average Bonchev–Trinajstić information content (AvgIpc) is 2.48. The van der Waals surface area contributed by atoms with Crippen molar-refractivity contribution >= 4 is 5.91 Å². The van der Waals surface area contributed by atoms with Crippen LogP contribution in [0.4, 0.5) is 0 Å². The summed E-state index contributed by atoms with van der Waals surface area (Å²) in [4.78, 5) is 14.3. The maximum absolute atomic E-state index is 12.4. The number of amides is 1. The largest absolute Gasteiger partial charge is 0.341 e. The normalized spacial score (nSPS) is 18.1. The lowest BCUT2D eigenvalue weighted by Crippen LogP contribution is -2.44. The quantitative estimate of drug-likeness (QED) is 0.874. The molecule has 110 valence electrons. The van der Waals surface area contributed by atoms with Gasteiger partial charge in [-0.1, -0.05) is 29.8 Å². The SMILES string of the molecule is CNCC1CCN(C(=O)C(N)c2ccc(C)cc2)CC1. The van der Waals surface area contributed by atoms with Crippen molar-refractivity contribution in [3.8, 4) is 0 Å². The molecule has 1 heterocycles. The number of likely N-dealkylation sites (tertiary alicyclic amines) is 1. The Kier molecular flexibility index (Phi) is 5.15. The van der Waals surface area contributed by atoms with Crippen LogP contribution in [0.3, 0.4) is 0 Å². The van der Waals surface area contributed by atoms with E-state index in [4.69, 9.17) is 5.73 Å². The van der Waals surface area contributed by atoms with E-state index in [1.807, 2.05) is 43.1 Å². The molecule has 1 aliphatic rings. The van der Waals surface area contributed by atoms with E-state index >= 15 is 0 Å². The Morgan fingerprint density at radius 1 is 1.35 bits per heavy atom. The Labute approximate surface area is 121 Å². The fourth-order valence-corrected chi connectivity index (χ4v) is 2.76. The molecule has 1 fully saturated rings. The van der Waals surface area contributed by atoms with Crippen molar-refractivity contribution in [1.29, 1.82) is 0 Å². The first kappa shape index (κ1) is 15.0. The van der Waals surface area contributed by atoms with Crippen molar-refractivity contribution in [2.24, 2.45) is 11.7 Å². The molecule has 0 bridgehead atoms. The molecule has 1 unspecified atom stereocenters. The summed E-state index contributed by atoms with van der Waals surface area (Å²) in [6.07, 6.45) is 2.13. The summed E-state index contributed by atoms with van der Waals surface area (Å²) in [5.41, 5.74) is 8.19. The highest BCUT2D eigenvalue weighted by molar-refractivity contribution is 5.83. The van der Waals surface area contributed by atoms with Crippen molar-refractivity contribution in [2.45, 2.75) is 25.8 Å². The summed E-state index contributed by atoms with van der Waals surface area (Å²) in [5, 5.41) is 3.21. The molecule has 0 aromatic heterocycles. The number of nitrogens with two attached hydrogens (primary N) is 1. The van der Waals surface area contributed by atoms with E-state index in [9.17, 15) is 4.79 Å². The molecule has 1 aromatic carbocycles. The Morgan fingerprint density at radius 2 is 1.95 bits per heavy atom. The summed E-state index contributed by atoms with van der Waals surface area (Å²) < 4.78 is 0. The number of carbonyl (C=O) groups is 1. The van der Waals surface area contributed by atoms with Crippen LogP contribution in [-0.2, 0) is 4.79 Å². The Bertz CT molecular complexity index is 436. The van der Waals surface area contributed by atoms with Gasteiger partial charge >= 0.3 is 0 Å². The van der Waals surface area contributed by atoms with Crippen LogP contribution in [0.25, 0.3) is 0 Å². The second-order valence-electron chi connectivity index (χ2n) is 5.71. The third-order valence-corrected chi connectivity index (χ3v) is 4.12. The first-order valence-corrected chi connectivity index (χ1v) is 7.37. The number of nitrogens with one attached hydrogen (secondary N) is 1. The summed E-state index contributed by atoms with van der Waals surface area (Å²) in [6.45, 7) is 4.71. The van der Waals surface area contributed by atoms with Crippen molar-refractivity contribution in [2.75, 3.05) is 26.7 Å². The molecule has 3 N–H and O–H groups in total. The number of carbonyl (C=O) groups excluding carboxylic acids is 1. The molecule has 1 saturated heterocycles. The molecule has 1 aromatic rings. The van der Waals surface area contributed by atoms with Gasteiger partial charge in [0.2, 0.25) is 5.91 Å². The lowest BCUT2D eigenvalue weighted by atomic mass is 9.95. The number of hydrogen-bond donors (Lipinski definition) is 2. The van der Waals surface area contributed by atoms with Crippen LogP contribution < -0.4 is 11.1 Å². The van der Waals surface area contributed by atoms with Gasteiger partial charge in [0.25, 0.3) is 0 Å². The fraction of sp³-hybridized carbons (Fsp3) is 0.562. The topological polar surface area (TPSA) is 58.4 Å². The minimum Gasteiger partial charge on any atom is -0.341 e. The fourth-order valence-electron chi connectivity index (χ4n) is 2.76. The van der Waals surface area contributed by atoms with Crippen LogP contribution in [0.15, 0.2) is 24.3 Å². The zero-order valence-electron chi connectivity index (χ0n) is 12.4. The predicted octanol–water partition coefficient (Wildman–Crippen LogP) is 1.45. The van der Waals surface area contributed by atoms with Gasteiger partial charge in [-0.05, 0) is 44.8 Å². The summed E-state index contributed by atoms with van der Waals surface area (Å²) in [6, 6.07) is 7.37. The Hall–Kier alpha value is -1.39. The second kappa shape index (κ2) is 6.86. The van der Waals surface area contributed by atoms with Gasteiger partial charge in [0, 0.05) is 13.1 Å². The van der Waals surface area contributed by atoms with Gasteiger partial charge in [-0.3, -0.25) is 4.79 Å². The van der Waals surface area contributed by atoms with Crippen LogP contribution in [0.1, 0.15) is 30.0 Å². The molecule has 1 amide bonds. The third kappa shape index (κ3) is 3.58. The third-order valence-electron chi connectivity index (χ3n) is 4.12. The van der Waals surface area contributed by atoms with Crippen molar-refractivity contribution in [3.63, 3.8) is 0 Å². The molecule has 0 radical (unpaired) electrons. The van der Waals surface area contributed by atoms with Crippen LogP contribution in [0.2, 0.25) is 0 Å². The molecule has 4 nitrogen and oxygen atoms in total. The monoisotopic (exact) mass is 275 g/mol. The van der Waals surface area contributed by atoms with Crippen LogP contribution in [-0.4, -0.2) is 37.5 Å². The van der Waals surface area contributed by atoms with Crippen LogP contribution >= 0.6 is 0 Å². The number of hydrogen-bond acceptors (Lipinski definition) is 3. The van der Waals surface area contributed by atoms with Crippen molar-refractivity contribution < 1.29 is 4.79 Å². The summed E-state index contributed by atoms with van der Waals surface area (Å²) in [7, 11) is 1.98. The van der Waals surface area contributed by atoms with E-state index < -0.39 is 6.04 Å². The van der Waals surface area contributed by atoms with E-state index in [0.717, 1.165) is 38.0 Å².